The minimum atomic E-state index is 0.465. The summed E-state index contributed by atoms with van der Waals surface area (Å²) in [5.74, 6) is 1.04. The highest BCUT2D eigenvalue weighted by Crippen LogP contribution is 2.41. The van der Waals surface area contributed by atoms with E-state index in [2.05, 4.69) is 103 Å². The molecule has 0 N–H and O–H groups in total. The Balaban J connectivity index is 1.18. The van der Waals surface area contributed by atoms with Crippen molar-refractivity contribution in [1.29, 1.82) is 0 Å². The fraction of sp³-hybridized carbons (Fsp3) is 0.0217. The van der Waals surface area contributed by atoms with E-state index < -0.39 is 0 Å². The van der Waals surface area contributed by atoms with Crippen LogP contribution in [0.2, 0.25) is 0 Å². The molecule has 9 rings (SSSR count). The summed E-state index contributed by atoms with van der Waals surface area (Å²) in [5.41, 5.74) is 10.2. The molecule has 0 aliphatic rings. The number of fused-ring (bicyclic) bond motifs is 6. The van der Waals surface area contributed by atoms with Gasteiger partial charge in [0.2, 0.25) is 0 Å². The first-order valence-corrected chi connectivity index (χ1v) is 16.9. The molecule has 0 saturated carbocycles. The van der Waals surface area contributed by atoms with Crippen LogP contribution in [0.1, 0.15) is 16.7 Å². The molecule has 2 aromatic heterocycles. The Morgan fingerprint density at radius 2 is 1.08 bits per heavy atom. The second kappa shape index (κ2) is 12.9. The molecule has 9 aromatic rings. The molecule has 5 heteroatoms. The summed E-state index contributed by atoms with van der Waals surface area (Å²) in [6.07, 6.45) is 0. The SMILES string of the molecule is C=NC(=NC(=NCc1ccccc1)c1ccc(-c2ccccc2)cc1)c1cccc2oc3c(-c4cccc5c4oc4ccccc45)cccc3c12. The van der Waals surface area contributed by atoms with Gasteiger partial charge in [0.05, 0.1) is 6.54 Å². The zero-order valence-corrected chi connectivity index (χ0v) is 27.7. The van der Waals surface area contributed by atoms with Crippen LogP contribution in [0, 0.1) is 0 Å². The first-order valence-electron chi connectivity index (χ1n) is 16.9. The maximum absolute atomic E-state index is 6.66. The van der Waals surface area contributed by atoms with Gasteiger partial charge in [-0.25, -0.2) is 9.98 Å². The Kier molecular flexibility index (Phi) is 7.63. The lowest BCUT2D eigenvalue weighted by Crippen LogP contribution is -2.06. The van der Waals surface area contributed by atoms with Crippen molar-refractivity contribution in [3.05, 3.63) is 180 Å². The van der Waals surface area contributed by atoms with Crippen molar-refractivity contribution < 1.29 is 8.83 Å². The number of rotatable bonds is 6. The number of benzene rings is 7. The fourth-order valence-corrected chi connectivity index (χ4v) is 6.87. The van der Waals surface area contributed by atoms with Gasteiger partial charge >= 0.3 is 0 Å². The van der Waals surface area contributed by atoms with Crippen molar-refractivity contribution in [1.82, 2.24) is 0 Å². The second-order valence-corrected chi connectivity index (χ2v) is 12.4. The number of hydrogen-bond donors (Lipinski definition) is 0. The largest absolute Gasteiger partial charge is 0.455 e. The smallest absolute Gasteiger partial charge is 0.161 e. The van der Waals surface area contributed by atoms with E-state index in [0.717, 1.165) is 82.8 Å². The van der Waals surface area contributed by atoms with Gasteiger partial charge in [-0.05, 0) is 35.5 Å². The number of aliphatic imine (C=N–C) groups is 3. The van der Waals surface area contributed by atoms with E-state index in [-0.39, 0.29) is 0 Å². The number of furan rings is 2. The van der Waals surface area contributed by atoms with Crippen LogP contribution >= 0.6 is 0 Å². The Morgan fingerprint density at radius 3 is 1.84 bits per heavy atom. The summed E-state index contributed by atoms with van der Waals surface area (Å²) in [4.78, 5) is 14.6. The molecule has 0 aliphatic carbocycles. The highest BCUT2D eigenvalue weighted by atomic mass is 16.3. The molecule has 0 saturated heterocycles. The first kappa shape index (κ1) is 30.2. The van der Waals surface area contributed by atoms with E-state index in [9.17, 15) is 0 Å². The van der Waals surface area contributed by atoms with Crippen LogP contribution in [0.15, 0.2) is 188 Å². The van der Waals surface area contributed by atoms with E-state index in [1.54, 1.807) is 0 Å². The summed E-state index contributed by atoms with van der Waals surface area (Å²) >= 11 is 0. The van der Waals surface area contributed by atoms with Crippen LogP contribution in [0.25, 0.3) is 66.1 Å². The summed E-state index contributed by atoms with van der Waals surface area (Å²) in [6.45, 7) is 4.44. The summed E-state index contributed by atoms with van der Waals surface area (Å²) in [7, 11) is 0. The quantitative estimate of drug-likeness (QED) is 0.132. The van der Waals surface area contributed by atoms with E-state index in [4.69, 9.17) is 18.8 Å². The fourth-order valence-electron chi connectivity index (χ4n) is 6.87. The Morgan fingerprint density at radius 1 is 0.490 bits per heavy atom. The van der Waals surface area contributed by atoms with Crippen LogP contribution in [-0.2, 0) is 6.54 Å². The molecular formula is C46H31N3O2. The maximum atomic E-state index is 6.66. The predicted molar refractivity (Wildman–Crippen MR) is 211 cm³/mol. The second-order valence-electron chi connectivity index (χ2n) is 12.4. The van der Waals surface area contributed by atoms with Crippen molar-refractivity contribution in [2.24, 2.45) is 15.0 Å². The lowest BCUT2D eigenvalue weighted by atomic mass is 9.98. The van der Waals surface area contributed by atoms with Gasteiger partial charge in [-0.15, -0.1) is 0 Å². The third kappa shape index (κ3) is 5.51. The molecule has 0 spiro atoms. The van der Waals surface area contributed by atoms with Crippen LogP contribution < -0.4 is 0 Å². The van der Waals surface area contributed by atoms with Crippen molar-refractivity contribution >= 4 is 62.3 Å². The van der Waals surface area contributed by atoms with Crippen LogP contribution in [-0.4, -0.2) is 18.4 Å². The summed E-state index contributed by atoms with van der Waals surface area (Å²) in [5, 5.41) is 4.03. The number of amidine groups is 2. The van der Waals surface area contributed by atoms with Gasteiger partial charge < -0.3 is 8.83 Å². The van der Waals surface area contributed by atoms with Gasteiger partial charge in [-0.1, -0.05) is 152 Å². The molecule has 0 bridgehead atoms. The van der Waals surface area contributed by atoms with Gasteiger partial charge in [-0.2, -0.15) is 0 Å². The average molecular weight is 658 g/mol. The molecule has 51 heavy (non-hydrogen) atoms. The van der Waals surface area contributed by atoms with Gasteiger partial charge in [0.25, 0.3) is 0 Å². The molecule has 0 amide bonds. The Labute approximate surface area is 294 Å². The lowest BCUT2D eigenvalue weighted by Gasteiger charge is -2.08. The highest BCUT2D eigenvalue weighted by molar-refractivity contribution is 6.23. The summed E-state index contributed by atoms with van der Waals surface area (Å²) in [6, 6.07) is 55.4. The summed E-state index contributed by atoms with van der Waals surface area (Å²) < 4.78 is 13.1. The van der Waals surface area contributed by atoms with E-state index in [1.165, 1.54) is 0 Å². The zero-order chi connectivity index (χ0) is 34.1. The molecule has 5 nitrogen and oxygen atoms in total. The standard InChI is InChI=1S/C46H31N3O2/c1-47-46(49-45(48-29-30-13-4-2-5-14-30)33-27-25-32(26-28-33)31-15-6-3-7-16-31)39-22-12-24-41-42(39)38-21-11-20-37(44(38)51-41)36-19-10-18-35-34-17-8-9-23-40(34)50-43(35)36/h2-28H,1,29H2. The monoisotopic (exact) mass is 657 g/mol. The van der Waals surface area contributed by atoms with Crippen LogP contribution in [0.4, 0.5) is 0 Å². The number of hydrogen-bond acceptors (Lipinski definition) is 3. The Hall–Kier alpha value is -6.85. The topological polar surface area (TPSA) is 63.4 Å². The van der Waals surface area contributed by atoms with Gasteiger partial charge in [0.1, 0.15) is 22.3 Å². The van der Waals surface area contributed by atoms with Crippen LogP contribution in [0.3, 0.4) is 0 Å². The van der Waals surface area contributed by atoms with Crippen molar-refractivity contribution in [2.75, 3.05) is 0 Å². The van der Waals surface area contributed by atoms with E-state index in [0.29, 0.717) is 18.2 Å². The average Bonchev–Trinajstić information content (AvgIpc) is 3.78. The third-order valence-corrected chi connectivity index (χ3v) is 9.32. The van der Waals surface area contributed by atoms with Gasteiger partial charge in [-0.3, -0.25) is 4.99 Å². The molecule has 242 valence electrons. The molecule has 0 atom stereocenters. The first-order chi connectivity index (χ1) is 25.2. The molecule has 7 aromatic carbocycles. The number of nitrogens with zero attached hydrogens (tertiary/aromatic N) is 3. The molecule has 0 aliphatic heterocycles. The van der Waals surface area contributed by atoms with Crippen molar-refractivity contribution in [3.63, 3.8) is 0 Å². The van der Waals surface area contributed by atoms with Gasteiger partial charge in [0.15, 0.2) is 11.7 Å². The molecule has 0 radical (unpaired) electrons. The number of para-hydroxylation sites is 3. The molecule has 0 unspecified atom stereocenters. The van der Waals surface area contributed by atoms with Crippen molar-refractivity contribution in [3.8, 4) is 22.3 Å². The van der Waals surface area contributed by atoms with Gasteiger partial charge in [0, 0.05) is 43.8 Å². The lowest BCUT2D eigenvalue weighted by molar-refractivity contribution is 0.665. The molecule has 2 heterocycles. The normalized spacial score (nSPS) is 12.3. The zero-order valence-electron chi connectivity index (χ0n) is 27.7. The van der Waals surface area contributed by atoms with Crippen LogP contribution in [0.5, 0.6) is 0 Å². The Bertz CT molecular complexity index is 2770. The minimum absolute atomic E-state index is 0.465. The van der Waals surface area contributed by atoms with E-state index in [1.807, 2.05) is 72.8 Å². The predicted octanol–water partition coefficient (Wildman–Crippen LogP) is 11.9. The van der Waals surface area contributed by atoms with Crippen molar-refractivity contribution in [2.45, 2.75) is 6.54 Å². The molecular weight excluding hydrogens is 627 g/mol. The highest BCUT2D eigenvalue weighted by Gasteiger charge is 2.20. The molecule has 0 fully saturated rings. The van der Waals surface area contributed by atoms with E-state index >= 15 is 0 Å². The maximum Gasteiger partial charge on any atom is 0.161 e. The minimum Gasteiger partial charge on any atom is -0.455 e. The third-order valence-electron chi connectivity index (χ3n) is 9.32.